The van der Waals surface area contributed by atoms with Gasteiger partial charge in [0.1, 0.15) is 0 Å². The van der Waals surface area contributed by atoms with Crippen molar-refractivity contribution in [1.82, 2.24) is 0 Å². The van der Waals surface area contributed by atoms with Crippen molar-refractivity contribution < 1.29 is 32.8 Å². The SMILES string of the molecule is O=C(O)c1ccc(S(=O)(=O)O)c(C(=O)O)[c]1[Na]. The van der Waals surface area contributed by atoms with Crippen LogP contribution >= 0.6 is 0 Å². The summed E-state index contributed by atoms with van der Waals surface area (Å²) < 4.78 is 30.7. The molecule has 0 aliphatic carbocycles. The van der Waals surface area contributed by atoms with Gasteiger partial charge in [-0.25, -0.2) is 0 Å². The molecule has 0 unspecified atom stereocenters. The third-order valence-electron chi connectivity index (χ3n) is 2.15. The number of aromatic carboxylic acids is 2. The van der Waals surface area contributed by atoms with Gasteiger partial charge >= 0.3 is 114 Å². The standard InChI is InChI=1S/C8H5O7S.Na/c9-7(10)4-1-2-6(16(13,14)15)5(3-4)8(11)12;/h1-2H,(H,9,10)(H,11,12)(H,13,14,15);. The first-order valence-corrected chi connectivity index (χ1v) is 6.68. The predicted molar refractivity (Wildman–Crippen MR) is 55.6 cm³/mol. The molecule has 0 atom stereocenters. The van der Waals surface area contributed by atoms with Gasteiger partial charge in [0, 0.05) is 0 Å². The number of hydrogen-bond acceptors (Lipinski definition) is 4. The Balaban J connectivity index is 3.75. The fourth-order valence-electron chi connectivity index (χ4n) is 1.40. The van der Waals surface area contributed by atoms with Crippen molar-refractivity contribution in [3.05, 3.63) is 23.3 Å². The fourth-order valence-corrected chi connectivity index (χ4v) is 3.18. The van der Waals surface area contributed by atoms with Gasteiger partial charge in [-0.1, -0.05) is 0 Å². The topological polar surface area (TPSA) is 129 Å². The van der Waals surface area contributed by atoms with Crippen molar-refractivity contribution in [3.8, 4) is 0 Å². The van der Waals surface area contributed by atoms with Crippen molar-refractivity contribution >= 4 is 52.8 Å². The quantitative estimate of drug-likeness (QED) is 0.479. The number of carboxylic acids is 2. The van der Waals surface area contributed by atoms with Gasteiger partial charge < -0.3 is 0 Å². The molecule has 0 bridgehead atoms. The summed E-state index contributed by atoms with van der Waals surface area (Å²) >= 11 is 0.0179. The van der Waals surface area contributed by atoms with E-state index in [0.717, 1.165) is 12.1 Å². The normalized spacial score (nSPS) is 11.2. The van der Waals surface area contributed by atoms with Gasteiger partial charge in [0.15, 0.2) is 0 Å². The van der Waals surface area contributed by atoms with Crippen LogP contribution in [0.4, 0.5) is 0 Å². The van der Waals surface area contributed by atoms with Crippen LogP contribution in [0.15, 0.2) is 17.0 Å². The number of carbonyl (C=O) groups is 2. The Kier molecular flexibility index (Phi) is 3.95. The van der Waals surface area contributed by atoms with Crippen LogP contribution in [0.3, 0.4) is 0 Å². The fraction of sp³-hybridized carbons (Fsp3) is 0. The molecule has 0 heterocycles. The molecule has 1 aromatic rings. The van der Waals surface area contributed by atoms with E-state index in [4.69, 9.17) is 14.8 Å². The molecular formula is C8H5NaO7S. The molecule has 3 N–H and O–H groups in total. The molecule has 1 aromatic carbocycles. The Bertz CT molecular complexity index is 605. The molecule has 0 aliphatic heterocycles. The zero-order valence-corrected chi connectivity index (χ0v) is 11.4. The van der Waals surface area contributed by atoms with E-state index in [-0.39, 0.29) is 36.3 Å². The van der Waals surface area contributed by atoms with Crippen LogP contribution in [0, 0.1) is 0 Å². The molecule has 86 valence electrons. The Labute approximate surface area is 113 Å². The Morgan fingerprint density at radius 1 is 1.12 bits per heavy atom. The van der Waals surface area contributed by atoms with Gasteiger partial charge in [-0.15, -0.1) is 0 Å². The van der Waals surface area contributed by atoms with Gasteiger partial charge in [0.25, 0.3) is 0 Å². The minimum absolute atomic E-state index is 0.0179. The van der Waals surface area contributed by atoms with Gasteiger partial charge in [-0.3, -0.25) is 0 Å². The molecule has 7 nitrogen and oxygen atoms in total. The van der Waals surface area contributed by atoms with Crippen molar-refractivity contribution in [2.75, 3.05) is 0 Å². The van der Waals surface area contributed by atoms with E-state index in [2.05, 4.69) is 0 Å². The summed E-state index contributed by atoms with van der Waals surface area (Å²) in [5.41, 5.74) is -0.958. The Hall–Kier alpha value is -0.930. The summed E-state index contributed by atoms with van der Waals surface area (Å²) in [5, 5.41) is 17.7. The van der Waals surface area contributed by atoms with Gasteiger partial charge in [0.2, 0.25) is 0 Å². The van der Waals surface area contributed by atoms with E-state index in [1.807, 2.05) is 0 Å². The molecule has 0 aromatic heterocycles. The van der Waals surface area contributed by atoms with E-state index in [9.17, 15) is 18.0 Å². The zero-order valence-electron chi connectivity index (χ0n) is 8.54. The monoisotopic (exact) mass is 268 g/mol. The summed E-state index contributed by atoms with van der Waals surface area (Å²) in [4.78, 5) is 20.9. The first-order chi connectivity index (χ1) is 7.66. The minimum atomic E-state index is -4.69. The van der Waals surface area contributed by atoms with Crippen LogP contribution in [0.2, 0.25) is 0 Å². The Morgan fingerprint density at radius 3 is 2.00 bits per heavy atom. The second-order valence-electron chi connectivity index (χ2n) is 3.20. The summed E-state index contributed by atoms with van der Waals surface area (Å²) in [5.74, 6) is -2.94. The van der Waals surface area contributed by atoms with Gasteiger partial charge in [-0.05, 0) is 0 Å². The first-order valence-electron chi connectivity index (χ1n) is 4.24. The van der Waals surface area contributed by atoms with Crippen LogP contribution in [0.1, 0.15) is 20.7 Å². The van der Waals surface area contributed by atoms with Crippen LogP contribution < -0.4 is 2.81 Å². The summed E-state index contributed by atoms with van der Waals surface area (Å²) in [7, 11) is -4.69. The third-order valence-corrected chi connectivity index (χ3v) is 4.08. The first kappa shape index (κ1) is 14.1. The van der Waals surface area contributed by atoms with Crippen molar-refractivity contribution in [2.24, 2.45) is 0 Å². The number of rotatable bonds is 3. The molecule has 0 spiro atoms. The molecule has 0 radical (unpaired) electrons. The summed E-state index contributed by atoms with van der Waals surface area (Å²) in [6, 6.07) is 1.73. The van der Waals surface area contributed by atoms with E-state index in [1.165, 1.54) is 0 Å². The van der Waals surface area contributed by atoms with Gasteiger partial charge in [-0.2, -0.15) is 0 Å². The zero-order chi connectivity index (χ0) is 13.4. The average molecular weight is 268 g/mol. The molecule has 0 saturated heterocycles. The van der Waals surface area contributed by atoms with E-state index in [1.54, 1.807) is 0 Å². The molecule has 0 aliphatic rings. The molecule has 0 saturated carbocycles. The molecule has 9 heteroatoms. The molecule has 1 rings (SSSR count). The van der Waals surface area contributed by atoms with Crippen LogP contribution in [0.5, 0.6) is 0 Å². The van der Waals surface area contributed by atoms with Gasteiger partial charge in [0.05, 0.1) is 0 Å². The van der Waals surface area contributed by atoms with Crippen LogP contribution in [0.25, 0.3) is 0 Å². The summed E-state index contributed by atoms with van der Waals surface area (Å²) in [6.07, 6.45) is 0. The molecule has 0 fully saturated rings. The third kappa shape index (κ3) is 2.85. The van der Waals surface area contributed by atoms with Crippen LogP contribution in [-0.4, -0.2) is 63.1 Å². The van der Waals surface area contributed by atoms with Crippen LogP contribution in [-0.2, 0) is 10.1 Å². The van der Waals surface area contributed by atoms with E-state index in [0.29, 0.717) is 0 Å². The average Bonchev–Trinajstić information content (AvgIpc) is 2.14. The summed E-state index contributed by atoms with van der Waals surface area (Å²) in [6.45, 7) is 0. The maximum absolute atomic E-state index is 11.0. The Morgan fingerprint density at radius 2 is 1.65 bits per heavy atom. The molecule has 17 heavy (non-hydrogen) atoms. The van der Waals surface area contributed by atoms with Crippen molar-refractivity contribution in [1.29, 1.82) is 0 Å². The second-order valence-corrected chi connectivity index (χ2v) is 5.59. The number of hydrogen-bond donors (Lipinski definition) is 3. The predicted octanol–water partition coefficient (Wildman–Crippen LogP) is -0.876. The number of carboxylic acid groups (broad SMARTS) is 2. The van der Waals surface area contributed by atoms with E-state index < -0.39 is 32.5 Å². The van der Waals surface area contributed by atoms with Crippen molar-refractivity contribution in [2.45, 2.75) is 4.90 Å². The molecule has 0 amide bonds. The maximum atomic E-state index is 11.0. The van der Waals surface area contributed by atoms with Crippen molar-refractivity contribution in [3.63, 3.8) is 0 Å². The molecular weight excluding hydrogens is 263 g/mol. The number of benzene rings is 1. The van der Waals surface area contributed by atoms with E-state index >= 15 is 0 Å². The second kappa shape index (κ2) is 4.75.